The van der Waals surface area contributed by atoms with E-state index in [0.29, 0.717) is 35.2 Å². The molecule has 0 bridgehead atoms. The number of thiocarbonyl (C=S) groups is 1. The van der Waals surface area contributed by atoms with E-state index in [1.54, 1.807) is 30.4 Å². The zero-order valence-corrected chi connectivity index (χ0v) is 17.7. The summed E-state index contributed by atoms with van der Waals surface area (Å²) in [5, 5.41) is 4.39. The molecule has 146 valence electrons. The van der Waals surface area contributed by atoms with Crippen LogP contribution in [0, 0.1) is 11.7 Å². The molecule has 0 saturated heterocycles. The Morgan fingerprint density at radius 2 is 2.21 bits per heavy atom. The van der Waals surface area contributed by atoms with Crippen molar-refractivity contribution >= 4 is 56.8 Å². The molecule has 2 aliphatic rings. The molecule has 0 fully saturated rings. The first-order valence-corrected chi connectivity index (χ1v) is 10.7. The fourth-order valence-electron chi connectivity index (χ4n) is 3.65. The van der Waals surface area contributed by atoms with Gasteiger partial charge in [-0.2, -0.15) is 0 Å². The van der Waals surface area contributed by atoms with Crippen molar-refractivity contribution in [1.29, 1.82) is 0 Å². The summed E-state index contributed by atoms with van der Waals surface area (Å²) in [4.78, 5) is 18.6. The molecule has 8 heteroatoms. The molecule has 2 aromatic rings. The van der Waals surface area contributed by atoms with Crippen LogP contribution >= 0.6 is 35.2 Å². The average Bonchev–Trinajstić information content (AvgIpc) is 3.15. The predicted octanol–water partition coefficient (Wildman–Crippen LogP) is 4.80. The fraction of sp³-hybridized carbons (Fsp3) is 0.350. The Balaban J connectivity index is 1.86. The number of hydrogen-bond acceptors (Lipinski definition) is 5. The maximum Gasteiger partial charge on any atom is 0.309 e. The molecule has 4 rings (SSSR count). The zero-order chi connectivity index (χ0) is 20.0. The average molecular weight is 437 g/mol. The predicted molar refractivity (Wildman–Crippen MR) is 115 cm³/mol. The van der Waals surface area contributed by atoms with E-state index in [9.17, 15) is 9.18 Å². The van der Waals surface area contributed by atoms with Crippen LogP contribution in [-0.2, 0) is 22.4 Å². The molecule has 1 aliphatic carbocycles. The molecule has 1 N–H and O–H groups in total. The molecule has 1 unspecified atom stereocenters. The van der Waals surface area contributed by atoms with E-state index < -0.39 is 5.82 Å². The third kappa shape index (κ3) is 3.25. The summed E-state index contributed by atoms with van der Waals surface area (Å²) in [6.07, 6.45) is 1.14. The summed E-state index contributed by atoms with van der Waals surface area (Å²) in [6, 6.07) is 4.27. The van der Waals surface area contributed by atoms with Crippen molar-refractivity contribution in [2.45, 2.75) is 32.7 Å². The Morgan fingerprint density at radius 1 is 1.43 bits per heavy atom. The second-order valence-corrected chi connectivity index (χ2v) is 8.76. The van der Waals surface area contributed by atoms with Gasteiger partial charge in [0.05, 0.1) is 34.9 Å². The normalized spacial score (nSPS) is 20.7. The lowest BCUT2D eigenvalue weighted by molar-refractivity contribution is -0.147. The Bertz CT molecular complexity index is 998. The highest BCUT2D eigenvalue weighted by atomic mass is 35.5. The van der Waals surface area contributed by atoms with Crippen LogP contribution < -0.4 is 5.32 Å². The highest BCUT2D eigenvalue weighted by molar-refractivity contribution is 7.80. The van der Waals surface area contributed by atoms with Crippen molar-refractivity contribution in [3.63, 3.8) is 0 Å². The van der Waals surface area contributed by atoms with Gasteiger partial charge in [0.25, 0.3) is 0 Å². The maximum atomic E-state index is 14.8. The van der Waals surface area contributed by atoms with E-state index in [1.165, 1.54) is 6.07 Å². The fourth-order valence-corrected chi connectivity index (χ4v) is 5.44. The lowest BCUT2D eigenvalue weighted by Gasteiger charge is -2.13. The minimum absolute atomic E-state index is 0.201. The van der Waals surface area contributed by atoms with E-state index in [2.05, 4.69) is 5.32 Å². The van der Waals surface area contributed by atoms with Crippen LogP contribution in [0.4, 0.5) is 9.39 Å². The second kappa shape index (κ2) is 7.54. The third-order valence-corrected chi connectivity index (χ3v) is 6.90. The quantitative estimate of drug-likeness (QED) is 0.554. The minimum atomic E-state index is -0.433. The van der Waals surface area contributed by atoms with Gasteiger partial charge in [0.15, 0.2) is 0 Å². The number of benzene rings is 1. The first-order valence-electron chi connectivity index (χ1n) is 9.05. The maximum absolute atomic E-state index is 14.8. The summed E-state index contributed by atoms with van der Waals surface area (Å²) < 4.78 is 20.0. The summed E-state index contributed by atoms with van der Waals surface area (Å²) in [6.45, 7) is 4.01. The van der Waals surface area contributed by atoms with E-state index in [0.717, 1.165) is 21.0 Å². The minimum Gasteiger partial charge on any atom is -0.466 e. The van der Waals surface area contributed by atoms with Gasteiger partial charge in [-0.1, -0.05) is 29.9 Å². The molecule has 4 nitrogen and oxygen atoms in total. The van der Waals surface area contributed by atoms with Crippen LogP contribution in [0.2, 0.25) is 5.02 Å². The molecule has 0 amide bonds. The molecular weight excluding hydrogens is 419 g/mol. The van der Waals surface area contributed by atoms with Gasteiger partial charge < -0.3 is 10.1 Å². The summed E-state index contributed by atoms with van der Waals surface area (Å²) >= 11 is 13.4. The number of carbonyl (C=O) groups excluding carboxylic acids is 1. The third-order valence-electron chi connectivity index (χ3n) is 4.97. The van der Waals surface area contributed by atoms with Gasteiger partial charge in [-0.15, -0.1) is 11.3 Å². The van der Waals surface area contributed by atoms with Gasteiger partial charge in [-0.3, -0.25) is 9.79 Å². The summed E-state index contributed by atoms with van der Waals surface area (Å²) in [5.41, 5.74) is 2.55. The number of thiophene rings is 1. The molecule has 1 aromatic heterocycles. The second-order valence-electron chi connectivity index (χ2n) is 6.80. The van der Waals surface area contributed by atoms with Crippen molar-refractivity contribution in [2.24, 2.45) is 10.9 Å². The zero-order valence-electron chi connectivity index (χ0n) is 15.3. The number of hydrogen-bond donors (Lipinski definition) is 1. The van der Waals surface area contributed by atoms with E-state index >= 15 is 0 Å². The van der Waals surface area contributed by atoms with Gasteiger partial charge in [-0.25, -0.2) is 4.39 Å². The van der Waals surface area contributed by atoms with Crippen LogP contribution in [0.25, 0.3) is 0 Å². The Labute approximate surface area is 176 Å². The van der Waals surface area contributed by atoms with Crippen molar-refractivity contribution in [2.75, 3.05) is 11.9 Å². The van der Waals surface area contributed by atoms with Gasteiger partial charge in [-0.05, 0) is 44.4 Å². The molecule has 28 heavy (non-hydrogen) atoms. The van der Waals surface area contributed by atoms with E-state index in [4.69, 9.17) is 33.5 Å². The number of halogens is 2. The molecule has 0 saturated carbocycles. The van der Waals surface area contributed by atoms with Gasteiger partial charge in [0.2, 0.25) is 0 Å². The van der Waals surface area contributed by atoms with Crippen LogP contribution in [-0.4, -0.2) is 29.3 Å². The topological polar surface area (TPSA) is 50.7 Å². The largest absolute Gasteiger partial charge is 0.466 e. The SMILES string of the molecule is CCOC(=O)C1Cc2sc3c(c2C1)C(c1c(F)cccc1Cl)=N[C@@H](C)C(=S)N3. The lowest BCUT2D eigenvalue weighted by Crippen LogP contribution is -2.20. The van der Waals surface area contributed by atoms with E-state index in [-0.39, 0.29) is 23.5 Å². The number of esters is 1. The van der Waals surface area contributed by atoms with Crippen LogP contribution in [0.15, 0.2) is 23.2 Å². The number of aliphatic imine (C=N–C) groups is 1. The van der Waals surface area contributed by atoms with Gasteiger partial charge >= 0.3 is 5.97 Å². The highest BCUT2D eigenvalue weighted by Gasteiger charge is 2.37. The van der Waals surface area contributed by atoms with Crippen molar-refractivity contribution in [3.8, 4) is 0 Å². The first-order chi connectivity index (χ1) is 13.4. The van der Waals surface area contributed by atoms with Crippen molar-refractivity contribution in [1.82, 2.24) is 0 Å². The van der Waals surface area contributed by atoms with Crippen LogP contribution in [0.3, 0.4) is 0 Å². The molecular formula is C20H18ClFN2O2S2. The number of nitrogens with zero attached hydrogens (tertiary/aromatic N) is 1. The monoisotopic (exact) mass is 436 g/mol. The van der Waals surface area contributed by atoms with Gasteiger partial charge in [0, 0.05) is 10.4 Å². The molecule has 2 heterocycles. The standard InChI is InChI=1S/C20H18ClFN2O2S2/c1-3-26-20(25)10-7-11-14(8-10)28-19-15(11)17(23-9(2)18(27)24-19)16-12(21)5-4-6-13(16)22/h4-6,9-10H,3,7-8H2,1-2H3,(H,24,27)/t9-,10?/m0/s1. The Kier molecular flexibility index (Phi) is 5.24. The molecule has 0 radical (unpaired) electrons. The lowest BCUT2D eigenvalue weighted by atomic mass is 9.97. The first kappa shape index (κ1) is 19.5. The molecule has 2 atom stereocenters. The van der Waals surface area contributed by atoms with Crippen molar-refractivity contribution in [3.05, 3.63) is 50.6 Å². The van der Waals surface area contributed by atoms with E-state index in [1.807, 2.05) is 6.92 Å². The molecule has 0 spiro atoms. The highest BCUT2D eigenvalue weighted by Crippen LogP contribution is 2.44. The smallest absolute Gasteiger partial charge is 0.309 e. The number of nitrogens with one attached hydrogen (secondary N) is 1. The molecule has 1 aliphatic heterocycles. The number of ether oxygens (including phenoxy) is 1. The van der Waals surface area contributed by atoms with Crippen LogP contribution in [0.1, 0.15) is 35.4 Å². The number of rotatable bonds is 3. The Hall–Kier alpha value is -1.83. The van der Waals surface area contributed by atoms with Crippen molar-refractivity contribution < 1.29 is 13.9 Å². The molecule has 1 aromatic carbocycles. The van der Waals surface area contributed by atoms with Crippen LogP contribution in [0.5, 0.6) is 0 Å². The summed E-state index contributed by atoms with van der Waals surface area (Å²) in [5.74, 6) is -0.860. The summed E-state index contributed by atoms with van der Waals surface area (Å²) in [7, 11) is 0. The number of fused-ring (bicyclic) bond motifs is 3. The Morgan fingerprint density at radius 3 is 2.93 bits per heavy atom. The van der Waals surface area contributed by atoms with Gasteiger partial charge in [0.1, 0.15) is 15.8 Å². The number of carbonyl (C=O) groups is 1. The number of anilines is 1.